The summed E-state index contributed by atoms with van der Waals surface area (Å²) >= 11 is 3.52. The molecule has 0 spiro atoms. The number of hydrogen-bond donors (Lipinski definition) is 0. The van der Waals surface area contributed by atoms with Crippen molar-refractivity contribution in [3.8, 4) is 0 Å². The van der Waals surface area contributed by atoms with Crippen molar-refractivity contribution >= 4 is 47.4 Å². The number of morpholine rings is 1. The molecule has 2 atom stereocenters. The van der Waals surface area contributed by atoms with Gasteiger partial charge in [0.05, 0.1) is 37.4 Å². The highest BCUT2D eigenvalue weighted by Gasteiger charge is 2.29. The van der Waals surface area contributed by atoms with Gasteiger partial charge in [-0.15, -0.1) is 0 Å². The Morgan fingerprint density at radius 1 is 1.27 bits per heavy atom. The van der Waals surface area contributed by atoms with Gasteiger partial charge in [0.2, 0.25) is 5.90 Å². The van der Waals surface area contributed by atoms with Crippen LogP contribution < -0.4 is 0 Å². The van der Waals surface area contributed by atoms with Crippen molar-refractivity contribution in [1.82, 2.24) is 9.65 Å². The van der Waals surface area contributed by atoms with E-state index in [0.29, 0.717) is 43.4 Å². The number of pyridine rings is 1. The summed E-state index contributed by atoms with van der Waals surface area (Å²) in [5, 5.41) is 0. The van der Waals surface area contributed by atoms with Gasteiger partial charge >= 0.3 is 14.1 Å². The number of aliphatic imine (C=N–C) groups is 2. The lowest BCUT2D eigenvalue weighted by Crippen LogP contribution is -2.32. The maximum atomic E-state index is 13.0. The largest absolute Gasteiger partial charge is 0.469 e. The number of carbonyl (C=O) groups is 1. The lowest BCUT2D eigenvalue weighted by molar-refractivity contribution is -0.140. The van der Waals surface area contributed by atoms with Gasteiger partial charge in [-0.1, -0.05) is 22.0 Å². The number of benzene rings is 1. The summed E-state index contributed by atoms with van der Waals surface area (Å²) in [6.07, 6.45) is 2.09. The average Bonchev–Trinajstić information content (AvgIpc) is 3.00. The van der Waals surface area contributed by atoms with Crippen molar-refractivity contribution in [1.29, 1.82) is 0 Å². The third-order valence-corrected chi connectivity index (χ3v) is 7.07. The van der Waals surface area contributed by atoms with Gasteiger partial charge in [0, 0.05) is 35.7 Å². The quantitative estimate of drug-likeness (QED) is 0.410. The fraction of sp³-hybridized carbons (Fsp3) is 0.364. The Morgan fingerprint density at radius 2 is 2.09 bits per heavy atom. The van der Waals surface area contributed by atoms with Crippen LogP contribution in [0.4, 0.5) is 5.69 Å². The summed E-state index contributed by atoms with van der Waals surface area (Å²) in [6.45, 7) is 2.03. The maximum Gasteiger partial charge on any atom is 0.309 e. The normalized spacial score (nSPS) is 19.5. The van der Waals surface area contributed by atoms with Gasteiger partial charge < -0.3 is 14.0 Å². The van der Waals surface area contributed by atoms with E-state index in [2.05, 4.69) is 20.9 Å². The van der Waals surface area contributed by atoms with Crippen LogP contribution in [0.15, 0.2) is 57.1 Å². The molecule has 2 aliphatic rings. The summed E-state index contributed by atoms with van der Waals surface area (Å²) in [6, 6.07) is 10.6. The highest BCUT2D eigenvalue weighted by atomic mass is 79.9. The lowest BCUT2D eigenvalue weighted by Gasteiger charge is -2.26. The number of esters is 1. The van der Waals surface area contributed by atoms with E-state index in [0.717, 1.165) is 10.0 Å². The first-order chi connectivity index (χ1) is 16.0. The van der Waals surface area contributed by atoms with Gasteiger partial charge in [-0.25, -0.2) is 9.66 Å². The summed E-state index contributed by atoms with van der Waals surface area (Å²) < 4.78 is 31.7. The molecule has 0 bridgehead atoms. The van der Waals surface area contributed by atoms with Crippen molar-refractivity contribution in [3.63, 3.8) is 0 Å². The van der Waals surface area contributed by atoms with Crippen LogP contribution in [0.25, 0.3) is 0 Å². The average molecular weight is 535 g/mol. The fourth-order valence-corrected chi connectivity index (χ4v) is 4.91. The van der Waals surface area contributed by atoms with Gasteiger partial charge in [-0.2, -0.15) is 0 Å². The third kappa shape index (κ3) is 5.95. The van der Waals surface area contributed by atoms with Gasteiger partial charge in [-0.05, 0) is 36.8 Å². The van der Waals surface area contributed by atoms with E-state index >= 15 is 0 Å². The Labute approximate surface area is 200 Å². The van der Waals surface area contributed by atoms with Crippen LogP contribution in [-0.2, 0) is 23.4 Å². The van der Waals surface area contributed by atoms with Crippen LogP contribution in [0.3, 0.4) is 0 Å². The molecule has 174 valence electrons. The Balaban J connectivity index is 1.75. The van der Waals surface area contributed by atoms with Crippen molar-refractivity contribution < 1.29 is 23.4 Å². The standard InChI is InChI=1S/C22H24BrN4O5P/c1-30-20(28)8-7-19-22(32-33(29)27-10-12-31-13-11-27)26-17-6-5-15(23)14-16(17)21(25-19)18-4-2-3-9-24-18/h2-6,9,14,19,33H,7-8,10-13H2,1H3/t19-/m0/s1. The Morgan fingerprint density at radius 3 is 2.82 bits per heavy atom. The molecule has 0 radical (unpaired) electrons. The zero-order valence-corrected chi connectivity index (χ0v) is 20.7. The number of rotatable bonds is 6. The van der Waals surface area contributed by atoms with Gasteiger partial charge in [0.15, 0.2) is 0 Å². The molecule has 0 saturated carbocycles. The molecule has 0 amide bonds. The number of nitrogens with zero attached hydrogens (tertiary/aromatic N) is 4. The van der Waals surface area contributed by atoms with Crippen LogP contribution >= 0.6 is 24.1 Å². The van der Waals surface area contributed by atoms with E-state index in [1.165, 1.54) is 7.11 Å². The Hall–Kier alpha value is -2.39. The summed E-state index contributed by atoms with van der Waals surface area (Å²) in [7, 11) is -1.27. The molecule has 0 aliphatic carbocycles. The van der Waals surface area contributed by atoms with Crippen molar-refractivity contribution in [2.45, 2.75) is 18.9 Å². The van der Waals surface area contributed by atoms with Crippen molar-refractivity contribution in [3.05, 3.63) is 58.3 Å². The minimum absolute atomic E-state index is 0.112. The highest BCUT2D eigenvalue weighted by Crippen LogP contribution is 2.35. The first-order valence-corrected chi connectivity index (χ1v) is 12.6. The first kappa shape index (κ1) is 23.8. The minimum Gasteiger partial charge on any atom is -0.469 e. The van der Waals surface area contributed by atoms with Crippen LogP contribution in [0.5, 0.6) is 0 Å². The molecule has 1 aromatic carbocycles. The lowest BCUT2D eigenvalue weighted by atomic mass is 10.0. The molecule has 2 aliphatic heterocycles. The van der Waals surface area contributed by atoms with Gasteiger partial charge in [0.1, 0.15) is 6.04 Å². The molecule has 11 heteroatoms. The smallest absolute Gasteiger partial charge is 0.309 e. The monoisotopic (exact) mass is 534 g/mol. The Bertz CT molecular complexity index is 1090. The zero-order valence-electron chi connectivity index (χ0n) is 18.1. The van der Waals surface area contributed by atoms with E-state index in [-0.39, 0.29) is 24.7 Å². The number of methoxy groups -OCH3 is 1. The highest BCUT2D eigenvalue weighted by molar-refractivity contribution is 9.10. The predicted octanol–water partition coefficient (Wildman–Crippen LogP) is 3.79. The molecular weight excluding hydrogens is 511 g/mol. The number of hydrogen-bond acceptors (Lipinski definition) is 8. The van der Waals surface area contributed by atoms with Crippen molar-refractivity contribution in [2.75, 3.05) is 33.4 Å². The second-order valence-corrected chi connectivity index (χ2v) is 9.69. The second kappa shape index (κ2) is 11.2. The van der Waals surface area contributed by atoms with Crippen LogP contribution in [0.1, 0.15) is 24.1 Å². The molecule has 1 fully saturated rings. The Kier molecular flexibility index (Phi) is 8.03. The van der Waals surface area contributed by atoms with E-state index in [4.69, 9.17) is 24.0 Å². The fourth-order valence-electron chi connectivity index (χ4n) is 3.51. The van der Waals surface area contributed by atoms with Crippen LogP contribution in [0.2, 0.25) is 0 Å². The predicted molar refractivity (Wildman–Crippen MR) is 129 cm³/mol. The topological polar surface area (TPSA) is 103 Å². The first-order valence-electron chi connectivity index (χ1n) is 10.5. The van der Waals surface area contributed by atoms with Crippen molar-refractivity contribution in [2.24, 2.45) is 9.98 Å². The van der Waals surface area contributed by atoms with E-state index < -0.39 is 14.2 Å². The number of halogens is 1. The number of fused-ring (bicyclic) bond motifs is 1. The van der Waals surface area contributed by atoms with Gasteiger partial charge in [0.25, 0.3) is 0 Å². The van der Waals surface area contributed by atoms with E-state index in [1.807, 2.05) is 36.4 Å². The number of aromatic nitrogens is 1. The molecular formula is C22H24BrN4O5P. The molecule has 4 rings (SSSR count). The van der Waals surface area contributed by atoms with Crippen LogP contribution in [-0.4, -0.2) is 66.7 Å². The molecule has 1 saturated heterocycles. The maximum absolute atomic E-state index is 13.0. The molecule has 3 heterocycles. The number of ether oxygens (including phenoxy) is 2. The van der Waals surface area contributed by atoms with E-state index in [1.54, 1.807) is 10.9 Å². The molecule has 2 aromatic rings. The molecule has 1 unspecified atom stereocenters. The zero-order chi connectivity index (χ0) is 23.2. The molecule has 9 nitrogen and oxygen atoms in total. The summed E-state index contributed by atoms with van der Waals surface area (Å²) in [4.78, 5) is 26.0. The second-order valence-electron chi connectivity index (χ2n) is 7.40. The molecule has 0 N–H and O–H groups in total. The van der Waals surface area contributed by atoms with Gasteiger partial charge in [-0.3, -0.25) is 19.3 Å². The molecule has 33 heavy (non-hydrogen) atoms. The van der Waals surface area contributed by atoms with E-state index in [9.17, 15) is 9.36 Å². The molecule has 1 aromatic heterocycles. The third-order valence-electron chi connectivity index (χ3n) is 5.23. The summed E-state index contributed by atoms with van der Waals surface area (Å²) in [5.74, 6) is -0.155. The van der Waals surface area contributed by atoms with Crippen LogP contribution in [0, 0.1) is 0 Å². The minimum atomic E-state index is -2.61. The SMILES string of the molecule is COC(=O)CC[C@@H]1N=C(c2ccccn2)c2cc(Br)ccc2N=C1O[PH](=O)N1CCOCC1. The number of carbonyl (C=O) groups excluding carboxylic acids is 1. The summed E-state index contributed by atoms with van der Waals surface area (Å²) in [5.41, 5.74) is 2.66.